The Labute approximate surface area is 108 Å². The van der Waals surface area contributed by atoms with Crippen LogP contribution in [-0.4, -0.2) is 10.2 Å². The van der Waals surface area contributed by atoms with E-state index in [4.69, 9.17) is 0 Å². The van der Waals surface area contributed by atoms with Crippen LogP contribution >= 0.6 is 0 Å². The van der Waals surface area contributed by atoms with Gasteiger partial charge in [0.1, 0.15) is 5.75 Å². The number of hydrogen-bond donors (Lipinski definition) is 2. The first-order chi connectivity index (χ1) is 8.77. The van der Waals surface area contributed by atoms with E-state index in [2.05, 4.69) is 0 Å². The minimum Gasteiger partial charge on any atom is -0.508 e. The molecule has 0 aliphatic heterocycles. The summed E-state index contributed by atoms with van der Waals surface area (Å²) in [4.78, 5) is 0. The second kappa shape index (κ2) is 6.22. The molecular formula is C16H18O2. The third-order valence-electron chi connectivity index (χ3n) is 3.10. The zero-order chi connectivity index (χ0) is 12.8. The summed E-state index contributed by atoms with van der Waals surface area (Å²) < 4.78 is 0. The van der Waals surface area contributed by atoms with Crippen molar-refractivity contribution in [3.05, 3.63) is 65.7 Å². The van der Waals surface area contributed by atoms with Crippen molar-refractivity contribution in [1.82, 2.24) is 0 Å². The molecule has 0 bridgehead atoms. The Morgan fingerprint density at radius 1 is 0.889 bits per heavy atom. The van der Waals surface area contributed by atoms with Crippen molar-refractivity contribution in [1.29, 1.82) is 0 Å². The molecule has 0 heterocycles. The number of aryl methyl sites for hydroxylation is 1. The zero-order valence-corrected chi connectivity index (χ0v) is 10.3. The van der Waals surface area contributed by atoms with E-state index in [1.807, 2.05) is 48.5 Å². The van der Waals surface area contributed by atoms with Crippen molar-refractivity contribution in [2.45, 2.75) is 25.4 Å². The molecule has 94 valence electrons. The van der Waals surface area contributed by atoms with Crippen molar-refractivity contribution in [3.8, 4) is 5.75 Å². The maximum Gasteiger partial charge on any atom is 0.118 e. The molecule has 2 heteroatoms. The molecule has 2 aromatic rings. The van der Waals surface area contributed by atoms with Crippen molar-refractivity contribution >= 4 is 0 Å². The highest BCUT2D eigenvalue weighted by atomic mass is 16.3. The molecule has 2 nitrogen and oxygen atoms in total. The van der Waals surface area contributed by atoms with E-state index in [1.165, 1.54) is 0 Å². The highest BCUT2D eigenvalue weighted by molar-refractivity contribution is 5.31. The fraction of sp³-hybridized carbons (Fsp3) is 0.250. The molecule has 1 atom stereocenters. The third kappa shape index (κ3) is 3.34. The molecule has 0 aliphatic carbocycles. The molecule has 18 heavy (non-hydrogen) atoms. The predicted octanol–water partition coefficient (Wildman–Crippen LogP) is 3.45. The summed E-state index contributed by atoms with van der Waals surface area (Å²) in [5, 5.41) is 19.6. The van der Waals surface area contributed by atoms with Crippen LogP contribution in [0.4, 0.5) is 0 Å². The van der Waals surface area contributed by atoms with E-state index in [1.54, 1.807) is 6.07 Å². The topological polar surface area (TPSA) is 40.5 Å². The molecular weight excluding hydrogens is 224 g/mol. The van der Waals surface area contributed by atoms with Gasteiger partial charge in [0.05, 0.1) is 6.10 Å². The number of para-hydroxylation sites is 1. The summed E-state index contributed by atoms with van der Waals surface area (Å²) in [6.45, 7) is 0. The molecule has 0 saturated heterocycles. The number of phenols is 1. The van der Waals surface area contributed by atoms with Crippen LogP contribution in [0.5, 0.6) is 5.75 Å². The Morgan fingerprint density at radius 2 is 1.56 bits per heavy atom. The van der Waals surface area contributed by atoms with Gasteiger partial charge in [0.25, 0.3) is 0 Å². The van der Waals surface area contributed by atoms with Gasteiger partial charge in [-0.25, -0.2) is 0 Å². The average Bonchev–Trinajstić information content (AvgIpc) is 2.42. The molecule has 0 fully saturated rings. The summed E-state index contributed by atoms with van der Waals surface area (Å²) in [6.07, 6.45) is 1.93. The first-order valence-corrected chi connectivity index (χ1v) is 6.27. The number of aromatic hydroxyl groups is 1. The molecule has 0 saturated carbocycles. The number of rotatable bonds is 5. The van der Waals surface area contributed by atoms with Gasteiger partial charge in [-0.15, -0.1) is 0 Å². The average molecular weight is 242 g/mol. The van der Waals surface area contributed by atoms with Crippen LogP contribution in [0.3, 0.4) is 0 Å². The molecule has 2 aromatic carbocycles. The van der Waals surface area contributed by atoms with E-state index in [0.717, 1.165) is 24.0 Å². The maximum atomic E-state index is 10.0. The van der Waals surface area contributed by atoms with E-state index < -0.39 is 6.10 Å². The Hall–Kier alpha value is -1.80. The minimum absolute atomic E-state index is 0.340. The molecule has 0 amide bonds. The van der Waals surface area contributed by atoms with Crippen LogP contribution in [0.15, 0.2) is 54.6 Å². The van der Waals surface area contributed by atoms with Gasteiger partial charge < -0.3 is 10.2 Å². The lowest BCUT2D eigenvalue weighted by Gasteiger charge is -2.11. The summed E-state index contributed by atoms with van der Waals surface area (Å²) in [7, 11) is 0. The molecule has 2 N–H and O–H groups in total. The van der Waals surface area contributed by atoms with Gasteiger partial charge in [0, 0.05) is 0 Å². The maximum absolute atomic E-state index is 10.0. The van der Waals surface area contributed by atoms with Gasteiger partial charge in [-0.3, -0.25) is 0 Å². The Kier molecular flexibility index (Phi) is 4.37. The SMILES string of the molecule is Oc1ccccc1CCCC(O)c1ccccc1. The number of hydrogen-bond acceptors (Lipinski definition) is 2. The van der Waals surface area contributed by atoms with E-state index in [0.29, 0.717) is 12.2 Å². The van der Waals surface area contributed by atoms with Crippen molar-refractivity contribution in [2.24, 2.45) is 0 Å². The smallest absolute Gasteiger partial charge is 0.118 e. The minimum atomic E-state index is -0.419. The number of phenolic OH excluding ortho intramolecular Hbond substituents is 1. The number of benzene rings is 2. The van der Waals surface area contributed by atoms with Gasteiger partial charge in [0.15, 0.2) is 0 Å². The summed E-state index contributed by atoms with van der Waals surface area (Å²) >= 11 is 0. The number of aliphatic hydroxyl groups excluding tert-OH is 1. The quantitative estimate of drug-likeness (QED) is 0.843. The lowest BCUT2D eigenvalue weighted by Crippen LogP contribution is -1.98. The fourth-order valence-corrected chi connectivity index (χ4v) is 2.05. The molecule has 0 aliphatic rings. The van der Waals surface area contributed by atoms with Crippen LogP contribution in [0.25, 0.3) is 0 Å². The monoisotopic (exact) mass is 242 g/mol. The molecule has 0 radical (unpaired) electrons. The second-order valence-corrected chi connectivity index (χ2v) is 4.45. The summed E-state index contributed by atoms with van der Waals surface area (Å²) in [5.41, 5.74) is 1.90. The van der Waals surface area contributed by atoms with Crippen LogP contribution in [0.2, 0.25) is 0 Å². The van der Waals surface area contributed by atoms with Crippen LogP contribution < -0.4 is 0 Å². The lowest BCUT2D eigenvalue weighted by atomic mass is 10.0. The van der Waals surface area contributed by atoms with Crippen LogP contribution in [0, 0.1) is 0 Å². The first kappa shape index (κ1) is 12.7. The molecule has 0 aromatic heterocycles. The Bertz CT molecular complexity index is 479. The number of aliphatic hydroxyl groups is 1. The standard InChI is InChI=1S/C16H18O2/c17-15-11-5-4-9-14(15)10-6-12-16(18)13-7-2-1-3-8-13/h1-5,7-9,11,16-18H,6,10,12H2. The highest BCUT2D eigenvalue weighted by Gasteiger charge is 2.07. The lowest BCUT2D eigenvalue weighted by molar-refractivity contribution is 0.164. The molecule has 1 unspecified atom stereocenters. The second-order valence-electron chi connectivity index (χ2n) is 4.45. The van der Waals surface area contributed by atoms with E-state index >= 15 is 0 Å². The highest BCUT2D eigenvalue weighted by Crippen LogP contribution is 2.22. The molecule has 0 spiro atoms. The fourth-order valence-electron chi connectivity index (χ4n) is 2.05. The van der Waals surface area contributed by atoms with Gasteiger partial charge >= 0.3 is 0 Å². The van der Waals surface area contributed by atoms with Crippen LogP contribution in [0.1, 0.15) is 30.1 Å². The normalized spacial score (nSPS) is 12.3. The summed E-state index contributed by atoms with van der Waals surface area (Å²) in [6, 6.07) is 17.0. The zero-order valence-electron chi connectivity index (χ0n) is 10.3. The van der Waals surface area contributed by atoms with Crippen LogP contribution in [-0.2, 0) is 6.42 Å². The van der Waals surface area contributed by atoms with Gasteiger partial charge in [-0.2, -0.15) is 0 Å². The van der Waals surface area contributed by atoms with E-state index in [9.17, 15) is 10.2 Å². The Morgan fingerprint density at radius 3 is 2.28 bits per heavy atom. The third-order valence-corrected chi connectivity index (χ3v) is 3.10. The van der Waals surface area contributed by atoms with Crippen molar-refractivity contribution < 1.29 is 10.2 Å². The van der Waals surface area contributed by atoms with Crippen molar-refractivity contribution in [2.75, 3.05) is 0 Å². The molecule has 2 rings (SSSR count). The first-order valence-electron chi connectivity index (χ1n) is 6.27. The van der Waals surface area contributed by atoms with Crippen molar-refractivity contribution in [3.63, 3.8) is 0 Å². The van der Waals surface area contributed by atoms with Gasteiger partial charge in [0.2, 0.25) is 0 Å². The largest absolute Gasteiger partial charge is 0.508 e. The van der Waals surface area contributed by atoms with Gasteiger partial charge in [-0.1, -0.05) is 48.5 Å². The van der Waals surface area contributed by atoms with E-state index in [-0.39, 0.29) is 0 Å². The summed E-state index contributed by atoms with van der Waals surface area (Å²) in [5.74, 6) is 0.340. The predicted molar refractivity (Wildman–Crippen MR) is 72.4 cm³/mol. The van der Waals surface area contributed by atoms with Gasteiger partial charge in [-0.05, 0) is 36.5 Å². The Balaban J connectivity index is 1.84.